The number of nitrogens with zero attached hydrogens (tertiary/aromatic N) is 1. The van der Waals surface area contributed by atoms with Crippen LogP contribution in [0.4, 0.5) is 0 Å². The topological polar surface area (TPSA) is 51.5 Å². The van der Waals surface area contributed by atoms with E-state index in [2.05, 4.69) is 0 Å². The second-order valence-electron chi connectivity index (χ2n) is 4.45. The van der Waals surface area contributed by atoms with Crippen LogP contribution in [0, 0.1) is 6.92 Å². The lowest BCUT2D eigenvalue weighted by atomic mass is 10.1. The molecule has 0 bridgehead atoms. The fourth-order valence-corrected chi connectivity index (χ4v) is 2.01. The van der Waals surface area contributed by atoms with E-state index in [1.54, 1.807) is 25.4 Å². The van der Waals surface area contributed by atoms with E-state index in [0.717, 1.165) is 5.56 Å². The number of aromatic nitrogens is 1. The SMILES string of the molecule is COc1ccc(C)cc1C(O)Cn1ccccc1=O. The molecular weight excluding hydrogens is 242 g/mol. The molecule has 2 aromatic rings. The number of pyridine rings is 1. The van der Waals surface area contributed by atoms with Crippen LogP contribution in [-0.4, -0.2) is 16.8 Å². The molecule has 0 spiro atoms. The highest BCUT2D eigenvalue weighted by Gasteiger charge is 2.14. The van der Waals surface area contributed by atoms with E-state index in [0.29, 0.717) is 11.3 Å². The van der Waals surface area contributed by atoms with Crippen molar-refractivity contribution in [2.24, 2.45) is 0 Å². The van der Waals surface area contributed by atoms with Crippen LogP contribution in [0.3, 0.4) is 0 Å². The Balaban J connectivity index is 2.30. The highest BCUT2D eigenvalue weighted by molar-refractivity contribution is 5.38. The third kappa shape index (κ3) is 3.03. The molecule has 0 aliphatic rings. The molecule has 4 heteroatoms. The van der Waals surface area contributed by atoms with Crippen LogP contribution in [0.15, 0.2) is 47.4 Å². The maximum absolute atomic E-state index is 11.6. The van der Waals surface area contributed by atoms with E-state index < -0.39 is 6.10 Å². The van der Waals surface area contributed by atoms with Gasteiger partial charge in [-0.15, -0.1) is 0 Å². The quantitative estimate of drug-likeness (QED) is 0.912. The molecular formula is C15H17NO3. The molecule has 0 fully saturated rings. The largest absolute Gasteiger partial charge is 0.496 e. The lowest BCUT2D eigenvalue weighted by Gasteiger charge is -2.16. The van der Waals surface area contributed by atoms with Gasteiger partial charge < -0.3 is 14.4 Å². The fourth-order valence-electron chi connectivity index (χ4n) is 2.01. The van der Waals surface area contributed by atoms with Crippen LogP contribution < -0.4 is 10.3 Å². The summed E-state index contributed by atoms with van der Waals surface area (Å²) in [6.45, 7) is 2.16. The average Bonchev–Trinajstić information content (AvgIpc) is 2.41. The van der Waals surface area contributed by atoms with Gasteiger partial charge in [-0.25, -0.2) is 0 Å². The molecule has 1 heterocycles. The lowest BCUT2D eigenvalue weighted by molar-refractivity contribution is 0.151. The van der Waals surface area contributed by atoms with Crippen molar-refractivity contribution in [2.45, 2.75) is 19.6 Å². The molecule has 1 atom stereocenters. The molecule has 1 aromatic heterocycles. The minimum Gasteiger partial charge on any atom is -0.496 e. The van der Waals surface area contributed by atoms with E-state index in [4.69, 9.17) is 4.74 Å². The van der Waals surface area contributed by atoms with Crippen molar-refractivity contribution in [3.05, 3.63) is 64.1 Å². The van der Waals surface area contributed by atoms with Crippen molar-refractivity contribution >= 4 is 0 Å². The van der Waals surface area contributed by atoms with Crippen LogP contribution >= 0.6 is 0 Å². The maximum atomic E-state index is 11.6. The van der Waals surface area contributed by atoms with Gasteiger partial charge in [0.05, 0.1) is 13.7 Å². The monoisotopic (exact) mass is 259 g/mol. The summed E-state index contributed by atoms with van der Waals surface area (Å²) in [5.41, 5.74) is 1.60. The molecule has 0 saturated heterocycles. The van der Waals surface area contributed by atoms with Gasteiger partial charge in [-0.05, 0) is 25.1 Å². The molecule has 19 heavy (non-hydrogen) atoms. The number of methoxy groups -OCH3 is 1. The van der Waals surface area contributed by atoms with Crippen molar-refractivity contribution in [3.8, 4) is 5.75 Å². The first-order valence-electron chi connectivity index (χ1n) is 6.10. The van der Waals surface area contributed by atoms with E-state index >= 15 is 0 Å². The van der Waals surface area contributed by atoms with Gasteiger partial charge in [-0.3, -0.25) is 4.79 Å². The van der Waals surface area contributed by atoms with Gasteiger partial charge in [-0.1, -0.05) is 17.7 Å². The Kier molecular flexibility index (Phi) is 4.02. The second kappa shape index (κ2) is 5.71. The molecule has 0 aliphatic carbocycles. The number of aryl methyl sites for hydroxylation is 1. The van der Waals surface area contributed by atoms with E-state index in [9.17, 15) is 9.90 Å². The van der Waals surface area contributed by atoms with Gasteiger partial charge in [0.1, 0.15) is 11.9 Å². The van der Waals surface area contributed by atoms with Crippen LogP contribution in [0.1, 0.15) is 17.2 Å². The predicted octanol–water partition coefficient (Wildman–Crippen LogP) is 1.90. The molecule has 0 radical (unpaired) electrons. The minimum atomic E-state index is -0.782. The minimum absolute atomic E-state index is 0.131. The van der Waals surface area contributed by atoms with Crippen LogP contribution in [0.25, 0.3) is 0 Å². The summed E-state index contributed by atoms with van der Waals surface area (Å²) in [6, 6.07) is 10.5. The molecule has 0 amide bonds. The summed E-state index contributed by atoms with van der Waals surface area (Å²) >= 11 is 0. The highest BCUT2D eigenvalue weighted by Crippen LogP contribution is 2.26. The summed E-state index contributed by atoms with van der Waals surface area (Å²) < 4.78 is 6.72. The Labute approximate surface area is 111 Å². The zero-order valence-electron chi connectivity index (χ0n) is 11.0. The number of benzene rings is 1. The number of rotatable bonds is 4. The van der Waals surface area contributed by atoms with E-state index in [1.165, 1.54) is 10.6 Å². The smallest absolute Gasteiger partial charge is 0.250 e. The molecule has 0 aliphatic heterocycles. The van der Waals surface area contributed by atoms with Crippen molar-refractivity contribution in [1.82, 2.24) is 4.57 Å². The van der Waals surface area contributed by atoms with Crippen molar-refractivity contribution in [2.75, 3.05) is 7.11 Å². The summed E-state index contributed by atoms with van der Waals surface area (Å²) in [4.78, 5) is 11.6. The number of hydrogen-bond acceptors (Lipinski definition) is 3. The third-order valence-corrected chi connectivity index (χ3v) is 3.01. The van der Waals surface area contributed by atoms with Crippen LogP contribution in [0.5, 0.6) is 5.75 Å². The third-order valence-electron chi connectivity index (χ3n) is 3.01. The average molecular weight is 259 g/mol. The Hall–Kier alpha value is -2.07. The van der Waals surface area contributed by atoms with E-state index in [-0.39, 0.29) is 12.1 Å². The standard InChI is InChI=1S/C15H17NO3/c1-11-6-7-14(19-2)12(9-11)13(17)10-16-8-4-3-5-15(16)18/h3-9,13,17H,10H2,1-2H3. The van der Waals surface area contributed by atoms with E-state index in [1.807, 2.05) is 25.1 Å². The second-order valence-corrected chi connectivity index (χ2v) is 4.45. The number of aliphatic hydroxyl groups excluding tert-OH is 1. The van der Waals surface area contributed by atoms with Gasteiger partial charge in [0.15, 0.2) is 0 Å². The Morgan fingerprint density at radius 1 is 1.32 bits per heavy atom. The summed E-state index contributed by atoms with van der Waals surface area (Å²) in [5.74, 6) is 0.627. The van der Waals surface area contributed by atoms with Crippen molar-refractivity contribution < 1.29 is 9.84 Å². The molecule has 2 rings (SSSR count). The summed E-state index contributed by atoms with van der Waals surface area (Å²) in [5, 5.41) is 10.3. The van der Waals surface area contributed by atoms with Gasteiger partial charge in [-0.2, -0.15) is 0 Å². The van der Waals surface area contributed by atoms with Crippen molar-refractivity contribution in [3.63, 3.8) is 0 Å². The predicted molar refractivity (Wildman–Crippen MR) is 73.4 cm³/mol. The van der Waals surface area contributed by atoms with Gasteiger partial charge >= 0.3 is 0 Å². The first-order valence-corrected chi connectivity index (χ1v) is 6.10. The molecule has 1 aromatic carbocycles. The lowest BCUT2D eigenvalue weighted by Crippen LogP contribution is -2.21. The number of aliphatic hydroxyl groups is 1. The van der Waals surface area contributed by atoms with Gasteiger partial charge in [0.25, 0.3) is 5.56 Å². The van der Waals surface area contributed by atoms with Gasteiger partial charge in [0.2, 0.25) is 0 Å². The van der Waals surface area contributed by atoms with Crippen LogP contribution in [-0.2, 0) is 6.54 Å². The zero-order valence-corrected chi connectivity index (χ0v) is 11.0. The molecule has 100 valence electrons. The Bertz CT molecular complexity index is 619. The van der Waals surface area contributed by atoms with Gasteiger partial charge in [0, 0.05) is 17.8 Å². The maximum Gasteiger partial charge on any atom is 0.250 e. The normalized spacial score (nSPS) is 12.2. The Morgan fingerprint density at radius 2 is 2.11 bits per heavy atom. The summed E-state index contributed by atoms with van der Waals surface area (Å²) in [6.07, 6.45) is 0.878. The highest BCUT2D eigenvalue weighted by atomic mass is 16.5. The van der Waals surface area contributed by atoms with Crippen LogP contribution in [0.2, 0.25) is 0 Å². The summed E-state index contributed by atoms with van der Waals surface area (Å²) in [7, 11) is 1.57. The molecule has 1 unspecified atom stereocenters. The number of ether oxygens (including phenoxy) is 1. The zero-order chi connectivity index (χ0) is 13.8. The first kappa shape index (κ1) is 13.4. The molecule has 0 saturated carbocycles. The Morgan fingerprint density at radius 3 is 2.79 bits per heavy atom. The number of hydrogen-bond donors (Lipinski definition) is 1. The molecule has 4 nitrogen and oxygen atoms in total. The van der Waals surface area contributed by atoms with Crippen molar-refractivity contribution in [1.29, 1.82) is 0 Å². The fraction of sp³-hybridized carbons (Fsp3) is 0.267. The molecule has 1 N–H and O–H groups in total. The first-order chi connectivity index (χ1) is 9.11.